The zero-order valence-corrected chi connectivity index (χ0v) is 14.8. The fourth-order valence-corrected chi connectivity index (χ4v) is 2.85. The third-order valence-electron chi connectivity index (χ3n) is 4.15. The van der Waals surface area contributed by atoms with Crippen LogP contribution in [0.3, 0.4) is 0 Å². The minimum atomic E-state index is -0.283. The quantitative estimate of drug-likeness (QED) is 0.755. The lowest BCUT2D eigenvalue weighted by molar-refractivity contribution is 0.0913. The van der Waals surface area contributed by atoms with E-state index in [1.807, 2.05) is 44.2 Å². The third kappa shape index (κ3) is 3.31. The molecule has 1 aromatic heterocycles. The predicted molar refractivity (Wildman–Crippen MR) is 96.4 cm³/mol. The van der Waals surface area contributed by atoms with Crippen molar-refractivity contribution in [2.45, 2.75) is 19.9 Å². The summed E-state index contributed by atoms with van der Waals surface area (Å²) in [5.41, 5.74) is 2.59. The van der Waals surface area contributed by atoms with Gasteiger partial charge in [-0.3, -0.25) is 4.79 Å². The first-order valence-electron chi connectivity index (χ1n) is 8.05. The fraction of sp³-hybridized carbons (Fsp3) is 0.250. The number of amides is 1. The van der Waals surface area contributed by atoms with Crippen LogP contribution >= 0.6 is 0 Å². The van der Waals surface area contributed by atoms with Crippen molar-refractivity contribution < 1.29 is 18.7 Å². The maximum absolute atomic E-state index is 12.6. The Morgan fingerprint density at radius 1 is 1.08 bits per heavy atom. The summed E-state index contributed by atoms with van der Waals surface area (Å²) >= 11 is 0. The number of nitrogens with one attached hydrogen (secondary N) is 1. The molecule has 0 bridgehead atoms. The Bertz CT molecular complexity index is 913. The molecule has 0 fully saturated rings. The lowest BCUT2D eigenvalue weighted by Crippen LogP contribution is -2.26. The Morgan fingerprint density at radius 2 is 1.84 bits per heavy atom. The molecule has 25 heavy (non-hydrogen) atoms. The van der Waals surface area contributed by atoms with Crippen molar-refractivity contribution in [3.63, 3.8) is 0 Å². The molecule has 0 aliphatic rings. The topological polar surface area (TPSA) is 60.7 Å². The van der Waals surface area contributed by atoms with E-state index in [0.29, 0.717) is 11.3 Å². The van der Waals surface area contributed by atoms with Crippen LogP contribution < -0.4 is 14.8 Å². The molecule has 1 atom stereocenters. The van der Waals surface area contributed by atoms with Gasteiger partial charge in [0.1, 0.15) is 5.75 Å². The van der Waals surface area contributed by atoms with Crippen molar-refractivity contribution >= 4 is 16.9 Å². The number of hydrogen-bond donors (Lipinski definition) is 1. The van der Waals surface area contributed by atoms with Crippen molar-refractivity contribution in [1.29, 1.82) is 0 Å². The molecule has 1 N–H and O–H groups in total. The van der Waals surface area contributed by atoms with Crippen LogP contribution in [-0.2, 0) is 0 Å². The molecule has 130 valence electrons. The van der Waals surface area contributed by atoms with Crippen molar-refractivity contribution in [2.24, 2.45) is 0 Å². The summed E-state index contributed by atoms with van der Waals surface area (Å²) in [6, 6.07) is 12.9. The van der Waals surface area contributed by atoms with E-state index in [1.54, 1.807) is 26.4 Å². The second-order valence-electron chi connectivity index (χ2n) is 5.93. The summed E-state index contributed by atoms with van der Waals surface area (Å²) in [6.45, 7) is 3.92. The molecule has 3 rings (SSSR count). The second-order valence-corrected chi connectivity index (χ2v) is 5.93. The number of carbonyl (C=O) groups excluding carboxylic acids is 1. The van der Waals surface area contributed by atoms with E-state index < -0.39 is 0 Å². The van der Waals surface area contributed by atoms with E-state index >= 15 is 0 Å². The highest BCUT2D eigenvalue weighted by Gasteiger charge is 2.19. The molecule has 1 unspecified atom stereocenters. The van der Waals surface area contributed by atoms with Crippen molar-refractivity contribution in [1.82, 2.24) is 5.32 Å². The van der Waals surface area contributed by atoms with E-state index in [0.717, 1.165) is 22.3 Å². The van der Waals surface area contributed by atoms with E-state index in [2.05, 4.69) is 5.32 Å². The number of furan rings is 1. The van der Waals surface area contributed by atoms with Crippen LogP contribution in [0.5, 0.6) is 11.5 Å². The summed E-state index contributed by atoms with van der Waals surface area (Å²) in [5, 5.41) is 3.78. The largest absolute Gasteiger partial charge is 0.496 e. The standard InChI is InChI=1S/C20H21NO4/c1-12-8-9-16(23-3)15(10-12)13(2)21-20(22)18-11-14-6-5-7-17(24-4)19(14)25-18/h5-11,13H,1-4H3,(H,21,22). The Balaban J connectivity index is 1.86. The molecule has 0 aliphatic heterocycles. The van der Waals surface area contributed by atoms with Gasteiger partial charge in [0, 0.05) is 10.9 Å². The van der Waals surface area contributed by atoms with Gasteiger partial charge in [-0.05, 0) is 32.0 Å². The van der Waals surface area contributed by atoms with Crippen LogP contribution in [0.2, 0.25) is 0 Å². The third-order valence-corrected chi connectivity index (χ3v) is 4.15. The number of hydrogen-bond acceptors (Lipinski definition) is 4. The maximum atomic E-state index is 12.6. The van der Waals surface area contributed by atoms with Gasteiger partial charge < -0.3 is 19.2 Å². The lowest BCUT2D eigenvalue weighted by atomic mass is 10.0. The van der Waals surface area contributed by atoms with Gasteiger partial charge in [0.2, 0.25) is 0 Å². The Kier molecular flexibility index (Phi) is 4.65. The number of methoxy groups -OCH3 is 2. The molecule has 0 saturated carbocycles. The molecular weight excluding hydrogens is 318 g/mol. The van der Waals surface area contributed by atoms with E-state index in [1.165, 1.54) is 0 Å². The zero-order chi connectivity index (χ0) is 18.0. The van der Waals surface area contributed by atoms with Crippen LogP contribution in [0.15, 0.2) is 46.9 Å². The minimum Gasteiger partial charge on any atom is -0.496 e. The molecule has 2 aromatic carbocycles. The second kappa shape index (κ2) is 6.89. The fourth-order valence-electron chi connectivity index (χ4n) is 2.85. The molecule has 0 aliphatic carbocycles. The molecular formula is C20H21NO4. The smallest absolute Gasteiger partial charge is 0.287 e. The maximum Gasteiger partial charge on any atom is 0.287 e. The molecule has 0 saturated heterocycles. The average molecular weight is 339 g/mol. The van der Waals surface area contributed by atoms with Gasteiger partial charge in [0.15, 0.2) is 17.1 Å². The first-order valence-corrected chi connectivity index (χ1v) is 8.05. The van der Waals surface area contributed by atoms with Gasteiger partial charge in [-0.15, -0.1) is 0 Å². The summed E-state index contributed by atoms with van der Waals surface area (Å²) in [6.07, 6.45) is 0. The summed E-state index contributed by atoms with van der Waals surface area (Å²) in [4.78, 5) is 12.6. The van der Waals surface area contributed by atoms with Gasteiger partial charge in [-0.1, -0.05) is 29.8 Å². The van der Waals surface area contributed by atoms with Crippen LogP contribution in [0.25, 0.3) is 11.0 Å². The van der Waals surface area contributed by atoms with Crippen LogP contribution in [0.4, 0.5) is 0 Å². The Labute approximate surface area is 146 Å². The molecule has 5 heteroatoms. The first kappa shape index (κ1) is 16.9. The molecule has 0 radical (unpaired) electrons. The van der Waals surface area contributed by atoms with E-state index in [4.69, 9.17) is 13.9 Å². The molecule has 1 amide bonds. The van der Waals surface area contributed by atoms with Gasteiger partial charge >= 0.3 is 0 Å². The summed E-state index contributed by atoms with van der Waals surface area (Å²) in [7, 11) is 3.19. The summed E-state index contributed by atoms with van der Waals surface area (Å²) in [5.74, 6) is 1.31. The molecule has 3 aromatic rings. The van der Waals surface area contributed by atoms with Gasteiger partial charge in [-0.2, -0.15) is 0 Å². The zero-order valence-electron chi connectivity index (χ0n) is 14.8. The molecule has 5 nitrogen and oxygen atoms in total. The number of benzene rings is 2. The predicted octanol–water partition coefficient (Wildman–Crippen LogP) is 4.25. The Morgan fingerprint density at radius 3 is 2.56 bits per heavy atom. The van der Waals surface area contributed by atoms with Gasteiger partial charge in [0.05, 0.1) is 20.3 Å². The highest BCUT2D eigenvalue weighted by molar-refractivity contribution is 5.97. The lowest BCUT2D eigenvalue weighted by Gasteiger charge is -2.17. The average Bonchev–Trinajstić information content (AvgIpc) is 3.06. The van der Waals surface area contributed by atoms with Gasteiger partial charge in [0.25, 0.3) is 5.91 Å². The number of aryl methyl sites for hydroxylation is 1. The number of carbonyl (C=O) groups is 1. The highest BCUT2D eigenvalue weighted by Crippen LogP contribution is 2.30. The van der Waals surface area contributed by atoms with Crippen molar-refractivity contribution in [3.05, 3.63) is 59.4 Å². The van der Waals surface area contributed by atoms with Crippen molar-refractivity contribution in [2.75, 3.05) is 14.2 Å². The normalized spacial score (nSPS) is 12.0. The van der Waals surface area contributed by atoms with Crippen molar-refractivity contribution in [3.8, 4) is 11.5 Å². The number of para-hydroxylation sites is 1. The molecule has 0 spiro atoms. The number of fused-ring (bicyclic) bond motifs is 1. The highest BCUT2D eigenvalue weighted by atomic mass is 16.5. The monoisotopic (exact) mass is 339 g/mol. The number of ether oxygens (including phenoxy) is 2. The minimum absolute atomic E-state index is 0.225. The SMILES string of the molecule is COc1ccc(C)cc1C(C)NC(=O)c1cc2cccc(OC)c2o1. The van der Waals surface area contributed by atoms with Gasteiger partial charge in [-0.25, -0.2) is 0 Å². The number of rotatable bonds is 5. The van der Waals surface area contributed by atoms with Crippen LogP contribution in [0, 0.1) is 6.92 Å². The summed E-state index contributed by atoms with van der Waals surface area (Å²) < 4.78 is 16.4. The van der Waals surface area contributed by atoms with E-state index in [-0.39, 0.29) is 17.7 Å². The Hall–Kier alpha value is -2.95. The first-order chi connectivity index (χ1) is 12.0. The molecule has 1 heterocycles. The van der Waals surface area contributed by atoms with Crippen LogP contribution in [0.1, 0.15) is 34.6 Å². The van der Waals surface area contributed by atoms with Crippen LogP contribution in [-0.4, -0.2) is 20.1 Å². The van der Waals surface area contributed by atoms with E-state index in [9.17, 15) is 4.79 Å².